The second-order valence-electron chi connectivity index (χ2n) is 7.42. The van der Waals surface area contributed by atoms with E-state index in [9.17, 15) is 13.2 Å². The Morgan fingerprint density at radius 2 is 1.92 bits per heavy atom. The van der Waals surface area contributed by atoms with Crippen LogP contribution < -0.4 is 5.32 Å². The molecule has 0 unspecified atom stereocenters. The van der Waals surface area contributed by atoms with E-state index < -0.39 is 9.84 Å². The lowest BCUT2D eigenvalue weighted by Crippen LogP contribution is -2.44. The van der Waals surface area contributed by atoms with E-state index in [0.29, 0.717) is 12.6 Å². The number of nitrogens with zero attached hydrogens (tertiary/aromatic N) is 1. The molecule has 7 heteroatoms. The van der Waals surface area contributed by atoms with Crippen LogP contribution in [0, 0.1) is 5.92 Å². The molecule has 0 spiro atoms. The highest BCUT2D eigenvalue weighted by molar-refractivity contribution is 7.92. The first kappa shape index (κ1) is 17.0. The van der Waals surface area contributed by atoms with Crippen LogP contribution in [0.3, 0.4) is 0 Å². The number of nitrogens with one attached hydrogen (secondary N) is 1. The van der Waals surface area contributed by atoms with Crippen molar-refractivity contribution < 1.29 is 17.9 Å². The number of carbonyl (C=O) groups excluding carboxylic acids is 1. The monoisotopic (exact) mass is 364 g/mol. The Morgan fingerprint density at radius 1 is 1.24 bits per heavy atom. The zero-order valence-electron chi connectivity index (χ0n) is 14.3. The van der Waals surface area contributed by atoms with Gasteiger partial charge in [-0.25, -0.2) is 8.42 Å². The maximum atomic E-state index is 12.6. The molecule has 2 fully saturated rings. The standard InChI is InChI=1S/C18H24N2O4S/c1-24-10-18(21)19-16-11-25(22,23)17-9-20(8-15(16)17)14-6-12-4-2-3-5-13(12)7-14/h2-5,14-17H,6-11H2,1H3,(H,19,21)/t15-,16+,17-/m0/s1. The van der Waals surface area contributed by atoms with Gasteiger partial charge in [-0.05, 0) is 24.0 Å². The summed E-state index contributed by atoms with van der Waals surface area (Å²) in [5.41, 5.74) is 2.75. The maximum absolute atomic E-state index is 12.6. The van der Waals surface area contributed by atoms with Gasteiger partial charge in [0.25, 0.3) is 0 Å². The number of ether oxygens (including phenoxy) is 1. The minimum Gasteiger partial charge on any atom is -0.375 e. The molecule has 2 saturated heterocycles. The molecule has 1 aromatic carbocycles. The molecule has 3 aliphatic rings. The summed E-state index contributed by atoms with van der Waals surface area (Å²) in [5.74, 6) is -0.208. The van der Waals surface area contributed by atoms with Crippen LogP contribution in [-0.4, -0.2) is 69.1 Å². The SMILES string of the molecule is COCC(=O)N[C@@H]1CS(=O)(=O)[C@H]2CN(C3Cc4ccccc4C3)C[C@@H]12. The molecule has 0 saturated carbocycles. The highest BCUT2D eigenvalue weighted by Gasteiger charge is 2.53. The maximum Gasteiger partial charge on any atom is 0.246 e. The molecule has 1 N–H and O–H groups in total. The normalized spacial score (nSPS) is 31.0. The van der Waals surface area contributed by atoms with Gasteiger partial charge >= 0.3 is 0 Å². The molecule has 1 aromatic rings. The number of methoxy groups -OCH3 is 1. The Labute approximate surface area is 148 Å². The molecule has 136 valence electrons. The number of hydrogen-bond donors (Lipinski definition) is 1. The fourth-order valence-corrected chi connectivity index (χ4v) is 7.02. The van der Waals surface area contributed by atoms with Crippen molar-refractivity contribution in [1.29, 1.82) is 0 Å². The summed E-state index contributed by atoms with van der Waals surface area (Å²) in [6.45, 7) is 1.29. The number of hydrogen-bond acceptors (Lipinski definition) is 5. The fourth-order valence-electron chi connectivity index (χ4n) is 4.71. The molecular weight excluding hydrogens is 340 g/mol. The summed E-state index contributed by atoms with van der Waals surface area (Å²) in [4.78, 5) is 14.2. The molecule has 0 bridgehead atoms. The van der Waals surface area contributed by atoms with Gasteiger partial charge in [0.05, 0.1) is 11.0 Å². The van der Waals surface area contributed by atoms with Crippen LogP contribution in [0.4, 0.5) is 0 Å². The van der Waals surface area contributed by atoms with Crippen molar-refractivity contribution in [3.63, 3.8) is 0 Å². The van der Waals surface area contributed by atoms with E-state index in [4.69, 9.17) is 4.74 Å². The zero-order chi connectivity index (χ0) is 17.6. The molecule has 1 amide bonds. The van der Waals surface area contributed by atoms with Crippen molar-refractivity contribution in [2.45, 2.75) is 30.2 Å². The van der Waals surface area contributed by atoms with Crippen molar-refractivity contribution in [3.05, 3.63) is 35.4 Å². The van der Waals surface area contributed by atoms with Crippen LogP contribution in [0.25, 0.3) is 0 Å². The van der Waals surface area contributed by atoms with Gasteiger partial charge < -0.3 is 10.1 Å². The average Bonchev–Trinajstić information content (AvgIpc) is 3.22. The molecule has 2 aliphatic heterocycles. The molecule has 0 aromatic heterocycles. The Bertz CT molecular complexity index is 754. The zero-order valence-corrected chi connectivity index (χ0v) is 15.2. The lowest BCUT2D eigenvalue weighted by molar-refractivity contribution is -0.125. The predicted octanol–water partition coefficient (Wildman–Crippen LogP) is 0.0138. The number of amides is 1. The van der Waals surface area contributed by atoms with E-state index in [1.54, 1.807) is 0 Å². The van der Waals surface area contributed by atoms with E-state index in [-0.39, 0.29) is 35.5 Å². The van der Waals surface area contributed by atoms with Gasteiger partial charge in [-0.2, -0.15) is 0 Å². The minimum absolute atomic E-state index is 0.0190. The van der Waals surface area contributed by atoms with Crippen LogP contribution in [0.2, 0.25) is 0 Å². The Balaban J connectivity index is 1.47. The third kappa shape index (κ3) is 3.09. The Morgan fingerprint density at radius 3 is 2.56 bits per heavy atom. The highest BCUT2D eigenvalue weighted by atomic mass is 32.2. The molecule has 25 heavy (non-hydrogen) atoms. The topological polar surface area (TPSA) is 75.7 Å². The molecule has 4 rings (SSSR count). The number of carbonyl (C=O) groups is 1. The van der Waals surface area contributed by atoms with Gasteiger partial charge in [0.2, 0.25) is 5.91 Å². The van der Waals surface area contributed by atoms with E-state index in [1.165, 1.54) is 18.2 Å². The van der Waals surface area contributed by atoms with Gasteiger partial charge in [-0.3, -0.25) is 9.69 Å². The first-order chi connectivity index (χ1) is 12.0. The van der Waals surface area contributed by atoms with Gasteiger partial charge in [0.15, 0.2) is 9.84 Å². The second kappa shape index (κ2) is 6.37. The summed E-state index contributed by atoms with van der Waals surface area (Å²) in [6, 6.07) is 8.52. The first-order valence-electron chi connectivity index (χ1n) is 8.78. The first-order valence-corrected chi connectivity index (χ1v) is 10.5. The van der Waals surface area contributed by atoms with Crippen LogP contribution in [0.5, 0.6) is 0 Å². The molecule has 1 aliphatic carbocycles. The number of fused-ring (bicyclic) bond motifs is 2. The van der Waals surface area contributed by atoms with E-state index in [2.05, 4.69) is 34.5 Å². The summed E-state index contributed by atoms with van der Waals surface area (Å²) < 4.78 is 30.0. The largest absolute Gasteiger partial charge is 0.375 e. The Kier molecular flexibility index (Phi) is 4.33. The van der Waals surface area contributed by atoms with Gasteiger partial charge in [-0.1, -0.05) is 24.3 Å². The summed E-state index contributed by atoms with van der Waals surface area (Å²) in [7, 11) is -1.70. The molecule has 0 radical (unpaired) electrons. The third-order valence-corrected chi connectivity index (χ3v) is 8.14. The average molecular weight is 364 g/mol. The summed E-state index contributed by atoms with van der Waals surface area (Å²) >= 11 is 0. The van der Waals surface area contributed by atoms with Gasteiger partial charge in [0.1, 0.15) is 6.61 Å². The van der Waals surface area contributed by atoms with Crippen molar-refractivity contribution in [1.82, 2.24) is 10.2 Å². The van der Waals surface area contributed by atoms with Gasteiger partial charge in [-0.15, -0.1) is 0 Å². The Hall–Kier alpha value is -1.44. The second-order valence-corrected chi connectivity index (χ2v) is 9.69. The predicted molar refractivity (Wildman–Crippen MR) is 94.1 cm³/mol. The number of benzene rings is 1. The van der Waals surface area contributed by atoms with Crippen molar-refractivity contribution in [3.8, 4) is 0 Å². The van der Waals surface area contributed by atoms with Crippen molar-refractivity contribution in [2.75, 3.05) is 32.6 Å². The molecular formula is C18H24N2O4S. The van der Waals surface area contributed by atoms with Gasteiger partial charge in [0, 0.05) is 38.2 Å². The van der Waals surface area contributed by atoms with Crippen LogP contribution in [-0.2, 0) is 32.2 Å². The number of rotatable bonds is 4. The smallest absolute Gasteiger partial charge is 0.246 e. The van der Waals surface area contributed by atoms with Crippen molar-refractivity contribution >= 4 is 15.7 Å². The lowest BCUT2D eigenvalue weighted by atomic mass is 10.0. The van der Waals surface area contributed by atoms with Crippen molar-refractivity contribution in [2.24, 2.45) is 5.92 Å². The lowest BCUT2D eigenvalue weighted by Gasteiger charge is -2.26. The highest BCUT2D eigenvalue weighted by Crippen LogP contribution is 2.37. The minimum atomic E-state index is -3.16. The van der Waals surface area contributed by atoms with Crippen LogP contribution in [0.15, 0.2) is 24.3 Å². The van der Waals surface area contributed by atoms with Crippen LogP contribution >= 0.6 is 0 Å². The quantitative estimate of drug-likeness (QED) is 0.815. The number of sulfone groups is 1. The fraction of sp³-hybridized carbons (Fsp3) is 0.611. The number of likely N-dealkylation sites (tertiary alicyclic amines) is 1. The molecule has 6 nitrogen and oxygen atoms in total. The van der Waals surface area contributed by atoms with E-state index >= 15 is 0 Å². The third-order valence-electron chi connectivity index (χ3n) is 5.89. The summed E-state index contributed by atoms with van der Waals surface area (Å²) in [5, 5.41) is 2.51. The van der Waals surface area contributed by atoms with E-state index in [0.717, 1.165) is 19.4 Å². The van der Waals surface area contributed by atoms with Crippen LogP contribution in [0.1, 0.15) is 11.1 Å². The van der Waals surface area contributed by atoms with E-state index in [1.807, 2.05) is 0 Å². The molecule has 3 atom stereocenters. The summed E-state index contributed by atoms with van der Waals surface area (Å²) in [6.07, 6.45) is 1.97. The molecule has 2 heterocycles.